The lowest BCUT2D eigenvalue weighted by atomic mass is 10.5. The van der Waals surface area contributed by atoms with Crippen LogP contribution in [0.2, 0.25) is 5.15 Å². The molecule has 0 aliphatic heterocycles. The van der Waals surface area contributed by atoms with Gasteiger partial charge in [-0.15, -0.1) is 0 Å². The predicted octanol–water partition coefficient (Wildman–Crippen LogP) is 0.958. The van der Waals surface area contributed by atoms with Gasteiger partial charge >= 0.3 is 23.1 Å². The molecule has 0 aromatic carbocycles. The lowest BCUT2D eigenvalue weighted by molar-refractivity contribution is 0.622. The third kappa shape index (κ3) is 2.47. The summed E-state index contributed by atoms with van der Waals surface area (Å²) in [5.41, 5.74) is 0. The van der Waals surface area contributed by atoms with Gasteiger partial charge < -0.3 is 0 Å². The number of pyridine rings is 1. The molecule has 0 radical (unpaired) electrons. The van der Waals surface area contributed by atoms with E-state index in [4.69, 9.17) is 11.6 Å². The Labute approximate surface area is 73.4 Å². The van der Waals surface area contributed by atoms with E-state index in [0.29, 0.717) is 0 Å². The normalized spacial score (nSPS) is 8.22. The fourth-order valence-corrected chi connectivity index (χ4v) is 0.486. The van der Waals surface area contributed by atoms with Crippen molar-refractivity contribution >= 4 is 34.7 Å². The number of aromatic nitrogens is 1. The average molecular weight is 158 g/mol. The second kappa shape index (κ2) is 4.03. The zero-order chi connectivity index (χ0) is 5.98. The van der Waals surface area contributed by atoms with Gasteiger partial charge in [-0.25, -0.2) is 9.37 Å². The molecule has 0 aliphatic carbocycles. The Balaban J connectivity index is 0.000000640. The molecule has 1 heterocycles. The highest BCUT2D eigenvalue weighted by Gasteiger charge is 1.93. The van der Waals surface area contributed by atoms with Crippen LogP contribution in [0.25, 0.3) is 0 Å². The maximum atomic E-state index is 12.1. The summed E-state index contributed by atoms with van der Waals surface area (Å²) in [5, 5.41) is -0.0764. The fourth-order valence-electron chi connectivity index (χ4n) is 0.366. The molecular formula is C5H5ClFMgN. The van der Waals surface area contributed by atoms with E-state index in [-0.39, 0.29) is 28.2 Å². The summed E-state index contributed by atoms with van der Waals surface area (Å²) < 4.78 is 12.1. The molecule has 0 saturated heterocycles. The quantitative estimate of drug-likeness (QED) is 0.404. The maximum Gasteiger partial charge on any atom is 0.316 e. The average Bonchev–Trinajstić information content (AvgIpc) is 1.77. The predicted molar refractivity (Wildman–Crippen MR) is 37.7 cm³/mol. The van der Waals surface area contributed by atoms with E-state index >= 15 is 0 Å². The van der Waals surface area contributed by atoms with E-state index in [1.807, 2.05) is 0 Å². The van der Waals surface area contributed by atoms with Gasteiger partial charge in [0.1, 0.15) is 0 Å². The Morgan fingerprint density at radius 2 is 2.22 bits per heavy atom. The van der Waals surface area contributed by atoms with Gasteiger partial charge in [-0.05, 0) is 12.1 Å². The van der Waals surface area contributed by atoms with Crippen molar-refractivity contribution in [1.82, 2.24) is 4.98 Å². The van der Waals surface area contributed by atoms with Crippen LogP contribution < -0.4 is 0 Å². The van der Waals surface area contributed by atoms with Crippen LogP contribution in [0.1, 0.15) is 0 Å². The third-order valence-electron chi connectivity index (χ3n) is 0.714. The molecule has 0 amide bonds. The van der Waals surface area contributed by atoms with Gasteiger partial charge in [0, 0.05) is 6.20 Å². The van der Waals surface area contributed by atoms with E-state index < -0.39 is 5.82 Å². The number of halogens is 2. The molecule has 0 bridgehead atoms. The zero-order valence-corrected chi connectivity index (χ0v) is 4.69. The van der Waals surface area contributed by atoms with Crippen molar-refractivity contribution in [2.45, 2.75) is 0 Å². The van der Waals surface area contributed by atoms with Gasteiger partial charge in [-0.1, -0.05) is 11.6 Å². The molecule has 0 aliphatic rings. The maximum absolute atomic E-state index is 12.1. The molecule has 46 valence electrons. The van der Waals surface area contributed by atoms with Crippen molar-refractivity contribution < 1.29 is 4.39 Å². The van der Waals surface area contributed by atoms with Gasteiger partial charge in [-0.3, -0.25) is 0 Å². The number of hydrogen-bond acceptors (Lipinski definition) is 1. The highest BCUT2D eigenvalue weighted by atomic mass is 35.5. The number of rotatable bonds is 0. The summed E-state index contributed by atoms with van der Waals surface area (Å²) in [6, 6.07) is 2.75. The highest BCUT2D eigenvalue weighted by molar-refractivity contribution is 6.29. The second-order valence-electron chi connectivity index (χ2n) is 1.28. The molecule has 1 rings (SSSR count). The van der Waals surface area contributed by atoms with E-state index in [0.717, 1.165) is 0 Å². The lowest BCUT2D eigenvalue weighted by Crippen LogP contribution is -1.77. The van der Waals surface area contributed by atoms with Crippen LogP contribution in [0.15, 0.2) is 18.3 Å². The Hall–Kier alpha value is 0.136. The molecule has 0 spiro atoms. The van der Waals surface area contributed by atoms with Crippen molar-refractivity contribution in [1.29, 1.82) is 0 Å². The molecule has 4 heteroatoms. The van der Waals surface area contributed by atoms with Crippen molar-refractivity contribution in [3.63, 3.8) is 0 Å². The Kier molecular flexibility index (Phi) is 4.09. The molecule has 0 fully saturated rings. The monoisotopic (exact) mass is 157 g/mol. The van der Waals surface area contributed by atoms with Crippen LogP contribution in [0, 0.1) is 5.82 Å². The molecule has 0 N–H and O–H groups in total. The zero-order valence-electron chi connectivity index (χ0n) is 3.94. The first-order valence-corrected chi connectivity index (χ1v) is 2.44. The van der Waals surface area contributed by atoms with Crippen molar-refractivity contribution in [3.05, 3.63) is 29.3 Å². The first-order valence-electron chi connectivity index (χ1n) is 2.07. The first kappa shape index (κ1) is 9.14. The van der Waals surface area contributed by atoms with E-state index in [9.17, 15) is 4.39 Å². The lowest BCUT2D eigenvalue weighted by Gasteiger charge is -1.86. The van der Waals surface area contributed by atoms with Crippen LogP contribution in [-0.4, -0.2) is 28.0 Å². The van der Waals surface area contributed by atoms with Crippen molar-refractivity contribution in [2.24, 2.45) is 0 Å². The summed E-state index contributed by atoms with van der Waals surface area (Å²) in [4.78, 5) is 3.47. The fraction of sp³-hybridized carbons (Fsp3) is 0. The van der Waals surface area contributed by atoms with Gasteiger partial charge in [0.05, 0.1) is 0 Å². The van der Waals surface area contributed by atoms with Crippen LogP contribution in [0.3, 0.4) is 0 Å². The van der Waals surface area contributed by atoms with Crippen LogP contribution in [-0.2, 0) is 0 Å². The van der Waals surface area contributed by atoms with Gasteiger partial charge in [0.15, 0.2) is 11.0 Å². The van der Waals surface area contributed by atoms with E-state index in [2.05, 4.69) is 4.98 Å². The van der Waals surface area contributed by atoms with Gasteiger partial charge in [0.25, 0.3) is 0 Å². The standard InChI is InChI=1S/C5H3ClFN.Mg.2H/c6-5-4(7)2-1-3-8-5;;;/h1-3H;;;. The van der Waals surface area contributed by atoms with E-state index in [1.165, 1.54) is 18.3 Å². The molecule has 0 atom stereocenters. The summed E-state index contributed by atoms with van der Waals surface area (Å²) in [6.07, 6.45) is 1.44. The largest absolute Gasteiger partial charge is 0.316 e. The minimum atomic E-state index is -0.478. The Bertz CT molecular complexity index is 173. The summed E-state index contributed by atoms with van der Waals surface area (Å²) in [7, 11) is 0. The summed E-state index contributed by atoms with van der Waals surface area (Å²) in [6.45, 7) is 0. The van der Waals surface area contributed by atoms with E-state index in [1.54, 1.807) is 0 Å². The topological polar surface area (TPSA) is 12.9 Å². The number of hydrogen-bond donors (Lipinski definition) is 0. The van der Waals surface area contributed by atoms with Crippen LogP contribution in [0.5, 0.6) is 0 Å². The molecule has 9 heavy (non-hydrogen) atoms. The third-order valence-corrected chi connectivity index (χ3v) is 0.992. The minimum absolute atomic E-state index is 0. The van der Waals surface area contributed by atoms with Crippen LogP contribution in [0.4, 0.5) is 4.39 Å². The molecule has 0 unspecified atom stereocenters. The SMILES string of the molecule is Fc1cccnc1Cl.[MgH2]. The molecular weight excluding hydrogens is 153 g/mol. The minimum Gasteiger partial charge on any atom is -0.242 e. The Morgan fingerprint density at radius 3 is 2.56 bits per heavy atom. The first-order chi connectivity index (χ1) is 3.80. The number of nitrogens with zero attached hydrogens (tertiary/aromatic N) is 1. The molecule has 1 aromatic rings. The van der Waals surface area contributed by atoms with Crippen molar-refractivity contribution in [2.75, 3.05) is 0 Å². The molecule has 1 nitrogen and oxygen atoms in total. The van der Waals surface area contributed by atoms with Crippen LogP contribution >= 0.6 is 11.6 Å². The van der Waals surface area contributed by atoms with Gasteiger partial charge in [0.2, 0.25) is 0 Å². The second-order valence-corrected chi connectivity index (χ2v) is 1.63. The summed E-state index contributed by atoms with van der Waals surface area (Å²) in [5.74, 6) is -0.478. The highest BCUT2D eigenvalue weighted by Crippen LogP contribution is 2.07. The molecule has 1 aromatic heterocycles. The molecule has 0 saturated carbocycles. The smallest absolute Gasteiger partial charge is 0.242 e. The van der Waals surface area contributed by atoms with Gasteiger partial charge in [-0.2, -0.15) is 0 Å². The van der Waals surface area contributed by atoms with Crippen molar-refractivity contribution in [3.8, 4) is 0 Å². The summed E-state index contributed by atoms with van der Waals surface area (Å²) >= 11 is 5.22. The Morgan fingerprint density at radius 1 is 1.56 bits per heavy atom.